The number of fused-ring (bicyclic) bond motifs is 1. The maximum absolute atomic E-state index is 13.5. The fourth-order valence-corrected chi connectivity index (χ4v) is 8.07. The highest BCUT2D eigenvalue weighted by atomic mass is 35.5. The van der Waals surface area contributed by atoms with Crippen molar-refractivity contribution in [2.24, 2.45) is 0 Å². The Bertz CT molecular complexity index is 2340. The van der Waals surface area contributed by atoms with Crippen LogP contribution in [0, 0.1) is 6.92 Å². The summed E-state index contributed by atoms with van der Waals surface area (Å²) in [7, 11) is 1.47. The summed E-state index contributed by atoms with van der Waals surface area (Å²) >= 11 is 14.2. The number of aromatic nitrogens is 3. The Morgan fingerprint density at radius 2 is 1.72 bits per heavy atom. The smallest absolute Gasteiger partial charge is 0.407 e. The van der Waals surface area contributed by atoms with Gasteiger partial charge < -0.3 is 30.5 Å². The summed E-state index contributed by atoms with van der Waals surface area (Å²) in [5, 5.41) is 27.0. The van der Waals surface area contributed by atoms with Crippen molar-refractivity contribution in [2.45, 2.75) is 70.3 Å². The second-order valence-corrected chi connectivity index (χ2v) is 15.1. The number of methoxy groups -OCH3 is 1. The summed E-state index contributed by atoms with van der Waals surface area (Å²) in [5.74, 6) is 0.172. The highest BCUT2D eigenvalue weighted by Crippen LogP contribution is 2.42. The van der Waals surface area contributed by atoms with E-state index >= 15 is 0 Å². The van der Waals surface area contributed by atoms with Crippen molar-refractivity contribution in [1.82, 2.24) is 29.9 Å². The van der Waals surface area contributed by atoms with E-state index in [0.29, 0.717) is 87.1 Å². The third-order valence-corrected chi connectivity index (χ3v) is 11.0. The number of amides is 2. The summed E-state index contributed by atoms with van der Waals surface area (Å²) in [4.78, 5) is 47.8. The molecule has 1 saturated heterocycles. The number of carbonyl (C=O) groups is 2. The van der Waals surface area contributed by atoms with Crippen molar-refractivity contribution in [3.05, 3.63) is 104 Å². The topological polar surface area (TPSA) is 158 Å². The molecule has 54 heavy (non-hydrogen) atoms. The fraction of sp³-hybridized carbons (Fsp3) is 0.325. The van der Waals surface area contributed by atoms with Gasteiger partial charge in [-0.1, -0.05) is 59.6 Å². The van der Waals surface area contributed by atoms with Gasteiger partial charge in [0.05, 0.1) is 40.6 Å². The van der Waals surface area contributed by atoms with Gasteiger partial charge in [0, 0.05) is 71.3 Å². The highest BCUT2D eigenvalue weighted by molar-refractivity contribution is 6.39. The zero-order valence-electron chi connectivity index (χ0n) is 30.0. The van der Waals surface area contributed by atoms with Crippen molar-refractivity contribution in [1.29, 1.82) is 0 Å². The Morgan fingerprint density at radius 1 is 1.04 bits per heavy atom. The predicted molar refractivity (Wildman–Crippen MR) is 207 cm³/mol. The molecule has 14 heteroatoms. The Morgan fingerprint density at radius 3 is 2.37 bits per heavy atom. The van der Waals surface area contributed by atoms with E-state index in [1.54, 1.807) is 22.7 Å². The van der Waals surface area contributed by atoms with E-state index < -0.39 is 11.7 Å². The second kappa shape index (κ2) is 15.0. The molecule has 2 fully saturated rings. The first-order chi connectivity index (χ1) is 25.8. The zero-order chi connectivity index (χ0) is 38.3. The Labute approximate surface area is 321 Å². The van der Waals surface area contributed by atoms with Crippen LogP contribution in [-0.4, -0.2) is 72.8 Å². The lowest BCUT2D eigenvalue weighted by Gasteiger charge is -2.41. The molecule has 2 aliphatic rings. The molecule has 12 nitrogen and oxygen atoms in total. The quantitative estimate of drug-likeness (QED) is 0.118. The Kier molecular flexibility index (Phi) is 10.4. The van der Waals surface area contributed by atoms with E-state index in [1.807, 2.05) is 62.4 Å². The minimum atomic E-state index is -1.11. The fourth-order valence-electron chi connectivity index (χ4n) is 7.41. The van der Waals surface area contributed by atoms with Crippen LogP contribution < -0.4 is 20.9 Å². The number of nitrogens with one attached hydrogen (secondary N) is 2. The third kappa shape index (κ3) is 7.52. The molecular weight excluding hydrogens is 731 g/mol. The van der Waals surface area contributed by atoms with Gasteiger partial charge in [0.2, 0.25) is 11.8 Å². The first-order valence-electron chi connectivity index (χ1n) is 17.7. The standard InChI is InChI=1S/C40H40Cl2N6O6/c1-22-14-24(15-33-44-19-25(38(50)48(22)33)18-43-27-16-40(2,53)17-27)28-6-4-7-29(35(28)41)30-8-5-9-31(36(30)42)32-12-10-23(37(46-32)54-3)20-47(39(51)52)21-26-11-13-34(49)45-26/h4-10,12,14-15,19,26-27,43,53H,11,13,16-18,20-21H2,1-3H3,(H,45,49)(H,51,52)/t26-,27?,40?/m0/s1. The maximum Gasteiger partial charge on any atom is 0.407 e. The van der Waals surface area contributed by atoms with Gasteiger partial charge >= 0.3 is 6.09 Å². The van der Waals surface area contributed by atoms with Crippen molar-refractivity contribution in [2.75, 3.05) is 13.7 Å². The van der Waals surface area contributed by atoms with Crippen LogP contribution in [-0.2, 0) is 17.9 Å². The zero-order valence-corrected chi connectivity index (χ0v) is 31.5. The van der Waals surface area contributed by atoms with Crippen molar-refractivity contribution in [3.63, 3.8) is 0 Å². The third-order valence-electron chi connectivity index (χ3n) is 10.2. The highest BCUT2D eigenvalue weighted by Gasteiger charge is 2.38. The number of hydrogen-bond donors (Lipinski definition) is 4. The lowest BCUT2D eigenvalue weighted by molar-refractivity contribution is -0.119. The van der Waals surface area contributed by atoms with Crippen molar-refractivity contribution >= 4 is 40.8 Å². The van der Waals surface area contributed by atoms with E-state index in [4.69, 9.17) is 32.9 Å². The first kappa shape index (κ1) is 37.3. The number of halogens is 2. The number of carboxylic acid groups (broad SMARTS) is 1. The average Bonchev–Trinajstić information content (AvgIpc) is 3.54. The van der Waals surface area contributed by atoms with Gasteiger partial charge in [-0.15, -0.1) is 0 Å². The van der Waals surface area contributed by atoms with E-state index in [-0.39, 0.29) is 42.5 Å². The van der Waals surface area contributed by atoms with Crippen LogP contribution in [0.3, 0.4) is 0 Å². The van der Waals surface area contributed by atoms with E-state index in [0.717, 1.165) is 11.1 Å². The molecule has 0 unspecified atom stereocenters. The molecule has 0 bridgehead atoms. The molecule has 3 aromatic heterocycles. The van der Waals surface area contributed by atoms with E-state index in [2.05, 4.69) is 15.6 Å². The molecule has 4 heterocycles. The maximum atomic E-state index is 13.5. The number of benzene rings is 2. The van der Waals surface area contributed by atoms with Gasteiger partial charge in [0.1, 0.15) is 5.65 Å². The van der Waals surface area contributed by atoms with Gasteiger partial charge in [0.25, 0.3) is 5.56 Å². The number of pyridine rings is 2. The van der Waals surface area contributed by atoms with E-state index in [1.165, 1.54) is 12.0 Å². The summed E-state index contributed by atoms with van der Waals surface area (Å²) < 4.78 is 7.19. The minimum absolute atomic E-state index is 0.0243. The molecule has 4 N–H and O–H groups in total. The molecule has 7 rings (SSSR count). The van der Waals surface area contributed by atoms with E-state index in [9.17, 15) is 24.6 Å². The molecular formula is C40H40Cl2N6O6. The summed E-state index contributed by atoms with van der Waals surface area (Å²) in [6, 6.07) is 18.5. The molecule has 1 atom stereocenters. The minimum Gasteiger partial charge on any atom is -0.481 e. The van der Waals surface area contributed by atoms with Crippen molar-refractivity contribution < 1.29 is 24.5 Å². The molecule has 1 aliphatic carbocycles. The van der Waals surface area contributed by atoms with Crippen LogP contribution >= 0.6 is 23.2 Å². The number of hydrogen-bond acceptors (Lipinski definition) is 8. The molecule has 2 amide bonds. The summed E-state index contributed by atoms with van der Waals surface area (Å²) in [5.41, 5.74) is 5.55. The lowest BCUT2D eigenvalue weighted by atomic mass is 9.77. The van der Waals surface area contributed by atoms with Crippen LogP contribution in [0.25, 0.3) is 39.2 Å². The number of ether oxygens (including phenoxy) is 1. The number of nitrogens with zero attached hydrogens (tertiary/aromatic N) is 4. The van der Waals surface area contributed by atoms with Crippen molar-refractivity contribution in [3.8, 4) is 39.4 Å². The molecule has 5 aromatic rings. The number of aliphatic hydroxyl groups is 1. The van der Waals surface area contributed by atoms with Crippen LogP contribution in [0.15, 0.2) is 71.7 Å². The van der Waals surface area contributed by atoms with Gasteiger partial charge in [-0.05, 0) is 62.9 Å². The summed E-state index contributed by atoms with van der Waals surface area (Å²) in [6.45, 7) is 4.21. The average molecular weight is 772 g/mol. The molecule has 2 aromatic carbocycles. The number of aryl methyl sites for hydroxylation is 1. The SMILES string of the molecule is COc1nc(-c2cccc(-c3cccc(-c4cc(C)n5c(=O)c(CNC6CC(C)(O)C6)cnc5c4)c3Cl)c2Cl)ccc1CN(C[C@@H]1CCC(=O)N1)C(=O)O. The monoisotopic (exact) mass is 770 g/mol. The summed E-state index contributed by atoms with van der Waals surface area (Å²) in [6.07, 6.45) is 2.73. The predicted octanol–water partition coefficient (Wildman–Crippen LogP) is 6.48. The second-order valence-electron chi connectivity index (χ2n) is 14.3. The van der Waals surface area contributed by atoms with Gasteiger partial charge in [-0.2, -0.15) is 0 Å². The molecule has 280 valence electrons. The number of carbonyl (C=O) groups excluding carboxylic acids is 1. The number of rotatable bonds is 11. The molecule has 1 aliphatic heterocycles. The van der Waals surface area contributed by atoms with Crippen LogP contribution in [0.5, 0.6) is 5.88 Å². The largest absolute Gasteiger partial charge is 0.481 e. The Balaban J connectivity index is 1.15. The normalized spacial score (nSPS) is 19.4. The van der Waals surface area contributed by atoms with Gasteiger partial charge in [-0.3, -0.25) is 14.0 Å². The van der Waals surface area contributed by atoms with Crippen LogP contribution in [0.2, 0.25) is 10.0 Å². The van der Waals surface area contributed by atoms with Crippen LogP contribution in [0.4, 0.5) is 4.79 Å². The Hall–Kier alpha value is -5.01. The van der Waals surface area contributed by atoms with Gasteiger partial charge in [-0.25, -0.2) is 14.8 Å². The molecule has 0 radical (unpaired) electrons. The molecule has 0 spiro atoms. The first-order valence-corrected chi connectivity index (χ1v) is 18.4. The lowest BCUT2D eigenvalue weighted by Crippen LogP contribution is -2.51. The van der Waals surface area contributed by atoms with Gasteiger partial charge in [0.15, 0.2) is 0 Å². The van der Waals surface area contributed by atoms with Crippen LogP contribution in [0.1, 0.15) is 49.4 Å². The molecule has 1 saturated carbocycles.